The van der Waals surface area contributed by atoms with Crippen molar-refractivity contribution in [3.8, 4) is 16.9 Å². The molecule has 0 spiro atoms. The van der Waals surface area contributed by atoms with Crippen LogP contribution in [0.15, 0.2) is 48.8 Å². The van der Waals surface area contributed by atoms with Crippen LogP contribution >= 0.6 is 0 Å². The normalized spacial score (nSPS) is 16.1. The van der Waals surface area contributed by atoms with Gasteiger partial charge in [-0.1, -0.05) is 18.2 Å². The van der Waals surface area contributed by atoms with Crippen LogP contribution in [-0.4, -0.2) is 16.9 Å². The van der Waals surface area contributed by atoms with Gasteiger partial charge in [-0.05, 0) is 36.6 Å². The van der Waals surface area contributed by atoms with Crippen LogP contribution in [0, 0.1) is 0 Å². The summed E-state index contributed by atoms with van der Waals surface area (Å²) in [6.45, 7) is 0. The van der Waals surface area contributed by atoms with Crippen LogP contribution in [-0.2, 0) is 4.79 Å². The molecule has 0 radical (unpaired) electrons. The van der Waals surface area contributed by atoms with E-state index in [4.69, 9.17) is 4.74 Å². The Labute approximate surface area is 118 Å². The summed E-state index contributed by atoms with van der Waals surface area (Å²) in [6.07, 6.45) is 6.64. The van der Waals surface area contributed by atoms with Crippen molar-refractivity contribution in [2.45, 2.75) is 31.8 Å². The molecule has 3 nitrogen and oxygen atoms in total. The van der Waals surface area contributed by atoms with Crippen LogP contribution in [0.5, 0.6) is 5.75 Å². The summed E-state index contributed by atoms with van der Waals surface area (Å²) in [5.41, 5.74) is 2.18. The molecule has 1 fully saturated rings. The molecule has 102 valence electrons. The first-order chi connectivity index (χ1) is 9.83. The Balaban J connectivity index is 1.82. The predicted molar refractivity (Wildman–Crippen MR) is 77.6 cm³/mol. The highest BCUT2D eigenvalue weighted by Crippen LogP contribution is 2.31. The first kappa shape index (κ1) is 12.9. The molecule has 1 aromatic heterocycles. The van der Waals surface area contributed by atoms with Crippen molar-refractivity contribution >= 4 is 5.78 Å². The van der Waals surface area contributed by atoms with Gasteiger partial charge in [0.1, 0.15) is 11.5 Å². The Hall–Kier alpha value is -2.16. The van der Waals surface area contributed by atoms with Crippen molar-refractivity contribution in [1.82, 2.24) is 4.98 Å². The Bertz CT molecular complexity index is 585. The zero-order chi connectivity index (χ0) is 13.8. The molecular formula is C17H17NO2. The van der Waals surface area contributed by atoms with Gasteiger partial charge in [-0.25, -0.2) is 0 Å². The Morgan fingerprint density at radius 1 is 1.00 bits per heavy atom. The number of carbonyl (C=O) groups is 1. The van der Waals surface area contributed by atoms with E-state index in [2.05, 4.69) is 11.1 Å². The second kappa shape index (κ2) is 5.87. The number of rotatable bonds is 3. The molecule has 20 heavy (non-hydrogen) atoms. The number of hydrogen-bond donors (Lipinski definition) is 0. The number of Topliss-reactive ketones (excluding diaryl/α,β-unsaturated/α-hetero) is 1. The number of benzene rings is 1. The topological polar surface area (TPSA) is 39.2 Å². The summed E-state index contributed by atoms with van der Waals surface area (Å²) in [7, 11) is 0. The van der Waals surface area contributed by atoms with E-state index in [1.54, 1.807) is 12.4 Å². The fourth-order valence-corrected chi connectivity index (χ4v) is 2.55. The fraction of sp³-hybridized carbons (Fsp3) is 0.294. The highest BCUT2D eigenvalue weighted by molar-refractivity contribution is 5.79. The molecule has 1 saturated carbocycles. The molecule has 0 bridgehead atoms. The van der Waals surface area contributed by atoms with E-state index >= 15 is 0 Å². The molecule has 0 unspecified atom stereocenters. The summed E-state index contributed by atoms with van der Waals surface area (Å²) in [5.74, 6) is 1.24. The second-order valence-electron chi connectivity index (χ2n) is 5.09. The molecule has 0 saturated heterocycles. The molecule has 3 heteroatoms. The van der Waals surface area contributed by atoms with Crippen molar-refractivity contribution in [3.05, 3.63) is 48.8 Å². The quantitative estimate of drug-likeness (QED) is 0.852. The maximum absolute atomic E-state index is 11.3. The molecule has 1 heterocycles. The highest BCUT2D eigenvalue weighted by atomic mass is 16.5. The van der Waals surface area contributed by atoms with E-state index in [1.807, 2.05) is 30.3 Å². The predicted octanol–water partition coefficient (Wildman–Crippen LogP) is 3.64. The summed E-state index contributed by atoms with van der Waals surface area (Å²) in [5, 5.41) is 0. The molecule has 1 aliphatic rings. The molecule has 2 aromatic rings. The van der Waals surface area contributed by atoms with Gasteiger partial charge in [0.15, 0.2) is 0 Å². The molecule has 1 aromatic carbocycles. The average Bonchev–Trinajstić information content (AvgIpc) is 2.51. The smallest absolute Gasteiger partial charge is 0.133 e. The van der Waals surface area contributed by atoms with Crippen LogP contribution in [0.2, 0.25) is 0 Å². The molecule has 1 aliphatic carbocycles. The number of para-hydroxylation sites is 1. The molecule has 3 rings (SSSR count). The third kappa shape index (κ3) is 2.87. The van der Waals surface area contributed by atoms with Crippen molar-refractivity contribution < 1.29 is 9.53 Å². The lowest BCUT2D eigenvalue weighted by Crippen LogP contribution is -2.24. The van der Waals surface area contributed by atoms with Gasteiger partial charge in [-0.2, -0.15) is 0 Å². The van der Waals surface area contributed by atoms with Gasteiger partial charge in [0.2, 0.25) is 0 Å². The summed E-state index contributed by atoms with van der Waals surface area (Å²) >= 11 is 0. The maximum atomic E-state index is 11.3. The first-order valence-corrected chi connectivity index (χ1v) is 7.01. The largest absolute Gasteiger partial charge is 0.490 e. The minimum Gasteiger partial charge on any atom is -0.490 e. The number of carbonyl (C=O) groups excluding carboxylic acids is 1. The van der Waals surface area contributed by atoms with Crippen molar-refractivity contribution in [1.29, 1.82) is 0 Å². The van der Waals surface area contributed by atoms with E-state index in [9.17, 15) is 4.79 Å². The van der Waals surface area contributed by atoms with Crippen LogP contribution in [0.1, 0.15) is 25.7 Å². The number of aromatic nitrogens is 1. The fourth-order valence-electron chi connectivity index (χ4n) is 2.55. The molecule has 0 N–H and O–H groups in total. The van der Waals surface area contributed by atoms with E-state index < -0.39 is 0 Å². The minimum atomic E-state index is 0.149. The van der Waals surface area contributed by atoms with Gasteiger partial charge in [-0.3, -0.25) is 9.78 Å². The van der Waals surface area contributed by atoms with Crippen LogP contribution < -0.4 is 4.74 Å². The monoisotopic (exact) mass is 267 g/mol. The number of ketones is 1. The van der Waals surface area contributed by atoms with Crippen molar-refractivity contribution in [2.75, 3.05) is 0 Å². The molecule has 0 amide bonds. The standard InChI is InChI=1S/C17H17NO2/c19-14-5-7-15(8-6-14)20-17-4-2-1-3-16(17)13-9-11-18-12-10-13/h1-4,9-12,15H,5-8H2. The Morgan fingerprint density at radius 3 is 2.45 bits per heavy atom. The SMILES string of the molecule is O=C1CCC(Oc2ccccc2-c2ccncc2)CC1. The van der Waals surface area contributed by atoms with Gasteiger partial charge < -0.3 is 4.74 Å². The third-order valence-corrected chi connectivity index (χ3v) is 3.66. The molecule has 0 aliphatic heterocycles. The Morgan fingerprint density at radius 2 is 1.70 bits per heavy atom. The lowest BCUT2D eigenvalue weighted by atomic mass is 9.96. The molecular weight excluding hydrogens is 250 g/mol. The van der Waals surface area contributed by atoms with Crippen LogP contribution in [0.4, 0.5) is 0 Å². The second-order valence-corrected chi connectivity index (χ2v) is 5.09. The maximum Gasteiger partial charge on any atom is 0.133 e. The van der Waals surface area contributed by atoms with Gasteiger partial charge in [-0.15, -0.1) is 0 Å². The van der Waals surface area contributed by atoms with E-state index in [-0.39, 0.29) is 6.10 Å². The zero-order valence-electron chi connectivity index (χ0n) is 11.3. The molecule has 0 atom stereocenters. The summed E-state index contributed by atoms with van der Waals surface area (Å²) in [4.78, 5) is 15.3. The number of nitrogens with zero attached hydrogens (tertiary/aromatic N) is 1. The lowest BCUT2D eigenvalue weighted by Gasteiger charge is -2.23. The van der Waals surface area contributed by atoms with E-state index in [1.165, 1.54) is 0 Å². The first-order valence-electron chi connectivity index (χ1n) is 7.01. The highest BCUT2D eigenvalue weighted by Gasteiger charge is 2.21. The average molecular weight is 267 g/mol. The van der Waals surface area contributed by atoms with Crippen molar-refractivity contribution in [3.63, 3.8) is 0 Å². The van der Waals surface area contributed by atoms with Crippen LogP contribution in [0.25, 0.3) is 11.1 Å². The number of hydrogen-bond acceptors (Lipinski definition) is 3. The summed E-state index contributed by atoms with van der Waals surface area (Å²) < 4.78 is 6.12. The third-order valence-electron chi connectivity index (χ3n) is 3.66. The van der Waals surface area contributed by atoms with E-state index in [0.717, 1.165) is 29.7 Å². The number of ether oxygens (including phenoxy) is 1. The van der Waals surface area contributed by atoms with E-state index in [0.29, 0.717) is 18.6 Å². The minimum absolute atomic E-state index is 0.149. The van der Waals surface area contributed by atoms with Crippen LogP contribution in [0.3, 0.4) is 0 Å². The summed E-state index contributed by atoms with van der Waals surface area (Å²) in [6, 6.07) is 12.0. The number of pyridine rings is 1. The lowest BCUT2D eigenvalue weighted by molar-refractivity contribution is -0.121. The van der Waals surface area contributed by atoms with Crippen molar-refractivity contribution in [2.24, 2.45) is 0 Å². The Kier molecular flexibility index (Phi) is 3.77. The van der Waals surface area contributed by atoms with Gasteiger partial charge in [0, 0.05) is 30.8 Å². The van der Waals surface area contributed by atoms with Gasteiger partial charge >= 0.3 is 0 Å². The van der Waals surface area contributed by atoms with Gasteiger partial charge in [0.25, 0.3) is 0 Å². The zero-order valence-corrected chi connectivity index (χ0v) is 11.3. The van der Waals surface area contributed by atoms with Gasteiger partial charge in [0.05, 0.1) is 6.10 Å².